The molecule has 1 aromatic heterocycles. The largest absolute Gasteiger partial charge is 0.352 e. The molecule has 0 amide bonds. The molecule has 5 heteroatoms. The van der Waals surface area contributed by atoms with Crippen LogP contribution in [-0.4, -0.2) is 22.6 Å². The molecule has 0 aliphatic carbocycles. The van der Waals surface area contributed by atoms with Gasteiger partial charge in [-0.25, -0.2) is 4.98 Å². The Hall–Kier alpha value is -3.08. The van der Waals surface area contributed by atoms with Gasteiger partial charge in [-0.1, -0.05) is 54.6 Å². The summed E-state index contributed by atoms with van der Waals surface area (Å²) in [5.74, 6) is 0.795. The van der Waals surface area contributed by atoms with Crippen molar-refractivity contribution in [3.8, 4) is 0 Å². The Balaban J connectivity index is 1.53. The lowest BCUT2D eigenvalue weighted by Gasteiger charge is -2.13. The van der Waals surface area contributed by atoms with Crippen LogP contribution in [-0.2, 0) is 19.6 Å². The number of benzene rings is 2. The van der Waals surface area contributed by atoms with Gasteiger partial charge in [0.2, 0.25) is 0 Å². The average Bonchev–Trinajstić information content (AvgIpc) is 3.16. The molecule has 0 unspecified atom stereocenters. The summed E-state index contributed by atoms with van der Waals surface area (Å²) in [6.07, 6.45) is 5.61. The van der Waals surface area contributed by atoms with E-state index in [0.29, 0.717) is 0 Å². The topological polar surface area (TPSA) is 54.2 Å². The highest BCUT2D eigenvalue weighted by atomic mass is 15.2. The predicted octanol–water partition coefficient (Wildman–Crippen LogP) is 2.80. The third kappa shape index (κ3) is 5.21. The molecule has 0 aliphatic rings. The van der Waals surface area contributed by atoms with Gasteiger partial charge in [-0.3, -0.25) is 4.99 Å². The monoisotopic (exact) mass is 333 g/mol. The first kappa shape index (κ1) is 16.8. The summed E-state index contributed by atoms with van der Waals surface area (Å²) in [7, 11) is 1.79. The second-order valence-corrected chi connectivity index (χ2v) is 5.82. The molecule has 0 fully saturated rings. The van der Waals surface area contributed by atoms with E-state index in [1.54, 1.807) is 13.2 Å². The van der Waals surface area contributed by atoms with Gasteiger partial charge in [-0.2, -0.15) is 0 Å². The van der Waals surface area contributed by atoms with Crippen molar-refractivity contribution in [2.45, 2.75) is 19.6 Å². The molecule has 3 rings (SSSR count). The van der Waals surface area contributed by atoms with E-state index >= 15 is 0 Å². The SMILES string of the molecule is CN=C(NCc1ccccc1)NCc1cccc(Cn2ccnc2)c1. The molecule has 0 bridgehead atoms. The standard InChI is InChI=1S/C20H23N5/c1-21-20(23-13-17-6-3-2-4-7-17)24-14-18-8-5-9-19(12-18)15-25-11-10-22-16-25/h2-12,16H,13-15H2,1H3,(H2,21,23,24). The van der Waals surface area contributed by atoms with Crippen LogP contribution in [0.2, 0.25) is 0 Å². The maximum atomic E-state index is 4.28. The van der Waals surface area contributed by atoms with E-state index in [4.69, 9.17) is 0 Å². The number of aliphatic imine (C=N–C) groups is 1. The normalized spacial score (nSPS) is 11.3. The van der Waals surface area contributed by atoms with Crippen LogP contribution in [0.1, 0.15) is 16.7 Å². The highest BCUT2D eigenvalue weighted by molar-refractivity contribution is 5.79. The van der Waals surface area contributed by atoms with E-state index in [1.807, 2.05) is 30.7 Å². The van der Waals surface area contributed by atoms with Crippen LogP contribution >= 0.6 is 0 Å². The van der Waals surface area contributed by atoms with E-state index < -0.39 is 0 Å². The summed E-state index contributed by atoms with van der Waals surface area (Å²) in [6, 6.07) is 18.8. The molecule has 1 heterocycles. The van der Waals surface area contributed by atoms with Crippen LogP contribution in [0.4, 0.5) is 0 Å². The van der Waals surface area contributed by atoms with Crippen LogP contribution in [0.25, 0.3) is 0 Å². The molecule has 5 nitrogen and oxygen atoms in total. The molecule has 0 aliphatic heterocycles. The van der Waals surface area contributed by atoms with Crippen molar-refractivity contribution in [1.29, 1.82) is 0 Å². The Morgan fingerprint density at radius 3 is 2.40 bits per heavy atom. The highest BCUT2D eigenvalue weighted by Crippen LogP contribution is 2.07. The van der Waals surface area contributed by atoms with E-state index in [0.717, 1.165) is 25.6 Å². The summed E-state index contributed by atoms with van der Waals surface area (Å²) in [4.78, 5) is 8.37. The molecule has 0 radical (unpaired) electrons. The van der Waals surface area contributed by atoms with Crippen molar-refractivity contribution >= 4 is 5.96 Å². The minimum Gasteiger partial charge on any atom is -0.352 e. The van der Waals surface area contributed by atoms with Crippen LogP contribution < -0.4 is 10.6 Å². The molecular weight excluding hydrogens is 310 g/mol. The Morgan fingerprint density at radius 2 is 1.68 bits per heavy atom. The molecule has 0 spiro atoms. The quantitative estimate of drug-likeness (QED) is 0.539. The van der Waals surface area contributed by atoms with Crippen molar-refractivity contribution in [2.24, 2.45) is 4.99 Å². The molecule has 0 atom stereocenters. The maximum Gasteiger partial charge on any atom is 0.191 e. The molecular formula is C20H23N5. The van der Waals surface area contributed by atoms with E-state index in [9.17, 15) is 0 Å². The summed E-state index contributed by atoms with van der Waals surface area (Å²) in [6.45, 7) is 2.31. The number of nitrogens with zero attached hydrogens (tertiary/aromatic N) is 3. The Bertz CT molecular complexity index is 794. The summed E-state index contributed by atoms with van der Waals surface area (Å²) in [5, 5.41) is 6.70. The van der Waals surface area contributed by atoms with E-state index in [2.05, 4.69) is 61.6 Å². The Kier molecular flexibility index (Phi) is 5.82. The van der Waals surface area contributed by atoms with Gasteiger partial charge in [0.25, 0.3) is 0 Å². The number of aromatic nitrogens is 2. The number of imidazole rings is 1. The van der Waals surface area contributed by atoms with Gasteiger partial charge in [0.15, 0.2) is 5.96 Å². The van der Waals surface area contributed by atoms with Gasteiger partial charge < -0.3 is 15.2 Å². The smallest absolute Gasteiger partial charge is 0.191 e. The lowest BCUT2D eigenvalue weighted by atomic mass is 10.1. The second kappa shape index (κ2) is 8.68. The maximum absolute atomic E-state index is 4.28. The lowest BCUT2D eigenvalue weighted by Crippen LogP contribution is -2.36. The van der Waals surface area contributed by atoms with E-state index in [-0.39, 0.29) is 0 Å². The molecule has 3 aromatic rings. The van der Waals surface area contributed by atoms with Crippen molar-refractivity contribution < 1.29 is 0 Å². The van der Waals surface area contributed by atoms with Gasteiger partial charge in [-0.05, 0) is 16.7 Å². The predicted molar refractivity (Wildman–Crippen MR) is 101 cm³/mol. The van der Waals surface area contributed by atoms with Crippen LogP contribution in [0.15, 0.2) is 78.3 Å². The zero-order valence-corrected chi connectivity index (χ0v) is 14.4. The minimum absolute atomic E-state index is 0.728. The fraction of sp³-hybridized carbons (Fsp3) is 0.200. The number of rotatable bonds is 6. The average molecular weight is 333 g/mol. The summed E-state index contributed by atoms with van der Waals surface area (Å²) >= 11 is 0. The fourth-order valence-electron chi connectivity index (χ4n) is 2.62. The first-order valence-electron chi connectivity index (χ1n) is 8.35. The van der Waals surface area contributed by atoms with Crippen molar-refractivity contribution in [1.82, 2.24) is 20.2 Å². The van der Waals surface area contributed by atoms with Crippen molar-refractivity contribution in [3.05, 3.63) is 90.0 Å². The third-order valence-electron chi connectivity index (χ3n) is 3.90. The van der Waals surface area contributed by atoms with Crippen LogP contribution in [0.5, 0.6) is 0 Å². The molecule has 25 heavy (non-hydrogen) atoms. The Labute approximate surface area is 148 Å². The second-order valence-electron chi connectivity index (χ2n) is 5.82. The summed E-state index contributed by atoms with van der Waals surface area (Å²) < 4.78 is 2.06. The van der Waals surface area contributed by atoms with Crippen molar-refractivity contribution in [3.63, 3.8) is 0 Å². The molecule has 128 valence electrons. The lowest BCUT2D eigenvalue weighted by molar-refractivity contribution is 0.787. The first-order chi connectivity index (χ1) is 12.3. The zero-order chi connectivity index (χ0) is 17.3. The number of hydrogen-bond donors (Lipinski definition) is 2. The molecule has 2 aromatic carbocycles. The molecule has 0 saturated carbocycles. The van der Waals surface area contributed by atoms with Crippen LogP contribution in [0, 0.1) is 0 Å². The van der Waals surface area contributed by atoms with Gasteiger partial charge >= 0.3 is 0 Å². The van der Waals surface area contributed by atoms with E-state index in [1.165, 1.54) is 16.7 Å². The number of guanidine groups is 1. The zero-order valence-electron chi connectivity index (χ0n) is 14.4. The third-order valence-corrected chi connectivity index (χ3v) is 3.90. The Morgan fingerprint density at radius 1 is 0.960 bits per heavy atom. The van der Waals surface area contributed by atoms with Crippen LogP contribution in [0.3, 0.4) is 0 Å². The van der Waals surface area contributed by atoms with Crippen molar-refractivity contribution in [2.75, 3.05) is 7.05 Å². The molecule has 0 saturated heterocycles. The van der Waals surface area contributed by atoms with Gasteiger partial charge in [0.05, 0.1) is 6.33 Å². The van der Waals surface area contributed by atoms with Gasteiger partial charge in [0.1, 0.15) is 0 Å². The highest BCUT2D eigenvalue weighted by Gasteiger charge is 2.01. The molecule has 2 N–H and O–H groups in total. The minimum atomic E-state index is 0.728. The fourth-order valence-corrected chi connectivity index (χ4v) is 2.62. The first-order valence-corrected chi connectivity index (χ1v) is 8.35. The number of hydrogen-bond acceptors (Lipinski definition) is 2. The summed E-state index contributed by atoms with van der Waals surface area (Å²) in [5.41, 5.74) is 3.71. The van der Waals surface area contributed by atoms with Gasteiger partial charge in [0, 0.05) is 39.1 Å². The van der Waals surface area contributed by atoms with Gasteiger partial charge in [-0.15, -0.1) is 0 Å². The number of nitrogens with one attached hydrogen (secondary N) is 2.